The van der Waals surface area contributed by atoms with Crippen molar-refractivity contribution in [1.82, 2.24) is 19.7 Å². The molecular formula is C12H17N5. The quantitative estimate of drug-likeness (QED) is 0.855. The lowest BCUT2D eigenvalue weighted by molar-refractivity contribution is 0.768. The summed E-state index contributed by atoms with van der Waals surface area (Å²) in [6.07, 6.45) is 4.51. The summed E-state index contributed by atoms with van der Waals surface area (Å²) in [5, 5.41) is 4.13. The highest BCUT2D eigenvalue weighted by atomic mass is 15.2. The summed E-state index contributed by atoms with van der Waals surface area (Å²) in [5.74, 6) is 0.730. The van der Waals surface area contributed by atoms with E-state index in [-0.39, 0.29) is 0 Å². The fraction of sp³-hybridized carbons (Fsp3) is 0.417. The zero-order chi connectivity index (χ0) is 12.4. The lowest BCUT2D eigenvalue weighted by Gasteiger charge is -2.08. The van der Waals surface area contributed by atoms with E-state index in [2.05, 4.69) is 15.1 Å². The molecule has 2 heterocycles. The fourth-order valence-electron chi connectivity index (χ4n) is 1.91. The monoisotopic (exact) mass is 231 g/mol. The summed E-state index contributed by atoms with van der Waals surface area (Å²) >= 11 is 0. The van der Waals surface area contributed by atoms with Crippen LogP contribution in [0.15, 0.2) is 12.4 Å². The van der Waals surface area contributed by atoms with Gasteiger partial charge in [0.2, 0.25) is 0 Å². The highest BCUT2D eigenvalue weighted by Gasteiger charge is 2.10. The largest absolute Gasteiger partial charge is 0.330 e. The molecule has 2 rings (SSSR count). The van der Waals surface area contributed by atoms with Crippen LogP contribution in [0.2, 0.25) is 0 Å². The molecule has 0 saturated heterocycles. The normalized spacial score (nSPS) is 10.8. The van der Waals surface area contributed by atoms with Crippen LogP contribution in [0, 0.1) is 13.8 Å². The van der Waals surface area contributed by atoms with Crippen LogP contribution in [-0.2, 0) is 13.5 Å². The van der Waals surface area contributed by atoms with Gasteiger partial charge >= 0.3 is 0 Å². The Morgan fingerprint density at radius 3 is 2.35 bits per heavy atom. The lowest BCUT2D eigenvalue weighted by Crippen LogP contribution is -2.09. The molecule has 0 atom stereocenters. The Balaban J connectivity index is 2.45. The van der Waals surface area contributed by atoms with Crippen molar-refractivity contribution in [3.05, 3.63) is 29.3 Å². The van der Waals surface area contributed by atoms with Gasteiger partial charge < -0.3 is 5.73 Å². The molecule has 0 radical (unpaired) electrons. The molecule has 0 spiro atoms. The maximum Gasteiger partial charge on any atom is 0.162 e. The third-order valence-corrected chi connectivity index (χ3v) is 2.78. The van der Waals surface area contributed by atoms with Crippen molar-refractivity contribution >= 4 is 0 Å². The average Bonchev–Trinajstić information content (AvgIpc) is 2.70. The van der Waals surface area contributed by atoms with Crippen LogP contribution in [0.25, 0.3) is 11.4 Å². The smallest absolute Gasteiger partial charge is 0.162 e. The number of nitrogens with zero attached hydrogens (tertiary/aromatic N) is 4. The first kappa shape index (κ1) is 11.7. The Kier molecular flexibility index (Phi) is 3.19. The molecule has 0 aliphatic carbocycles. The Morgan fingerprint density at radius 1 is 1.24 bits per heavy atom. The van der Waals surface area contributed by atoms with E-state index in [1.165, 1.54) is 0 Å². The van der Waals surface area contributed by atoms with Crippen LogP contribution in [0.3, 0.4) is 0 Å². The van der Waals surface area contributed by atoms with Crippen LogP contribution in [-0.4, -0.2) is 26.3 Å². The maximum atomic E-state index is 5.58. The van der Waals surface area contributed by atoms with Crippen LogP contribution in [0.5, 0.6) is 0 Å². The van der Waals surface area contributed by atoms with Gasteiger partial charge in [-0.05, 0) is 32.4 Å². The van der Waals surface area contributed by atoms with Gasteiger partial charge in [0.15, 0.2) is 5.82 Å². The maximum absolute atomic E-state index is 5.58. The molecule has 90 valence electrons. The summed E-state index contributed by atoms with van der Waals surface area (Å²) in [6, 6.07) is 0. The van der Waals surface area contributed by atoms with Crippen molar-refractivity contribution in [2.45, 2.75) is 20.3 Å². The minimum Gasteiger partial charge on any atom is -0.330 e. The van der Waals surface area contributed by atoms with Gasteiger partial charge in [-0.1, -0.05) is 0 Å². The Bertz CT molecular complexity index is 506. The van der Waals surface area contributed by atoms with Gasteiger partial charge in [-0.3, -0.25) is 4.68 Å². The second-order valence-corrected chi connectivity index (χ2v) is 4.14. The van der Waals surface area contributed by atoms with Crippen molar-refractivity contribution in [3.8, 4) is 11.4 Å². The molecule has 0 aromatic carbocycles. The van der Waals surface area contributed by atoms with Gasteiger partial charge in [-0.25, -0.2) is 9.97 Å². The van der Waals surface area contributed by atoms with E-state index in [1.54, 1.807) is 10.9 Å². The van der Waals surface area contributed by atoms with Crippen molar-refractivity contribution < 1.29 is 0 Å². The van der Waals surface area contributed by atoms with E-state index in [4.69, 9.17) is 5.73 Å². The van der Waals surface area contributed by atoms with Gasteiger partial charge in [0, 0.05) is 24.6 Å². The van der Waals surface area contributed by atoms with Crippen LogP contribution < -0.4 is 5.73 Å². The van der Waals surface area contributed by atoms with E-state index in [9.17, 15) is 0 Å². The summed E-state index contributed by atoms with van der Waals surface area (Å²) in [6.45, 7) is 4.62. The first-order valence-electron chi connectivity index (χ1n) is 5.65. The molecule has 17 heavy (non-hydrogen) atoms. The Hall–Kier alpha value is -1.75. The molecule has 0 aliphatic rings. The number of rotatable bonds is 3. The van der Waals surface area contributed by atoms with E-state index < -0.39 is 0 Å². The average molecular weight is 231 g/mol. The molecule has 2 N–H and O–H groups in total. The number of hydrogen-bond acceptors (Lipinski definition) is 4. The van der Waals surface area contributed by atoms with Gasteiger partial charge in [0.05, 0.1) is 11.8 Å². The first-order chi connectivity index (χ1) is 8.11. The molecular weight excluding hydrogens is 214 g/mol. The first-order valence-corrected chi connectivity index (χ1v) is 5.65. The minimum atomic E-state index is 0.622. The SMILES string of the molecule is Cc1nc(-c2cnn(C)c2)nc(C)c1CCN. The molecule has 0 bridgehead atoms. The number of aromatic nitrogens is 4. The molecule has 0 aliphatic heterocycles. The van der Waals surface area contributed by atoms with Crippen LogP contribution >= 0.6 is 0 Å². The standard InChI is InChI=1S/C12H17N5/c1-8-11(4-5-13)9(2)16-12(15-8)10-6-14-17(3)7-10/h6-7H,4-5,13H2,1-3H3. The zero-order valence-electron chi connectivity index (χ0n) is 10.4. The predicted octanol–water partition coefficient (Wildman–Crippen LogP) is 0.995. The lowest BCUT2D eigenvalue weighted by atomic mass is 10.1. The molecule has 0 fully saturated rings. The number of nitrogens with two attached hydrogens (primary N) is 1. The van der Waals surface area contributed by atoms with E-state index in [0.29, 0.717) is 6.54 Å². The van der Waals surface area contributed by atoms with Gasteiger partial charge in [-0.15, -0.1) is 0 Å². The van der Waals surface area contributed by atoms with Crippen molar-refractivity contribution in [3.63, 3.8) is 0 Å². The molecule has 0 saturated carbocycles. The molecule has 2 aromatic heterocycles. The summed E-state index contributed by atoms with van der Waals surface area (Å²) < 4.78 is 1.75. The van der Waals surface area contributed by atoms with Gasteiger partial charge in [0.25, 0.3) is 0 Å². The zero-order valence-corrected chi connectivity index (χ0v) is 10.4. The Morgan fingerprint density at radius 2 is 1.88 bits per heavy atom. The van der Waals surface area contributed by atoms with Crippen molar-refractivity contribution in [2.24, 2.45) is 12.8 Å². The minimum absolute atomic E-state index is 0.622. The van der Waals surface area contributed by atoms with E-state index in [1.807, 2.05) is 27.1 Å². The highest BCUT2D eigenvalue weighted by molar-refractivity contribution is 5.53. The van der Waals surface area contributed by atoms with Crippen molar-refractivity contribution in [1.29, 1.82) is 0 Å². The van der Waals surface area contributed by atoms with Crippen LogP contribution in [0.1, 0.15) is 17.0 Å². The van der Waals surface area contributed by atoms with Crippen molar-refractivity contribution in [2.75, 3.05) is 6.54 Å². The summed E-state index contributed by atoms with van der Waals surface area (Å²) in [4.78, 5) is 9.03. The topological polar surface area (TPSA) is 69.6 Å². The fourth-order valence-corrected chi connectivity index (χ4v) is 1.91. The molecule has 5 nitrogen and oxygen atoms in total. The molecule has 0 unspecified atom stereocenters. The third kappa shape index (κ3) is 2.34. The predicted molar refractivity (Wildman–Crippen MR) is 66.5 cm³/mol. The van der Waals surface area contributed by atoms with E-state index >= 15 is 0 Å². The van der Waals surface area contributed by atoms with Gasteiger partial charge in [0.1, 0.15) is 0 Å². The molecule has 5 heteroatoms. The number of hydrogen-bond donors (Lipinski definition) is 1. The van der Waals surface area contributed by atoms with Crippen LogP contribution in [0.4, 0.5) is 0 Å². The van der Waals surface area contributed by atoms with Gasteiger partial charge in [-0.2, -0.15) is 5.10 Å². The van der Waals surface area contributed by atoms with E-state index in [0.717, 1.165) is 34.8 Å². The highest BCUT2D eigenvalue weighted by Crippen LogP contribution is 2.18. The molecule has 0 amide bonds. The Labute approximate surface area is 101 Å². The number of aryl methyl sites for hydroxylation is 3. The third-order valence-electron chi connectivity index (χ3n) is 2.78. The summed E-state index contributed by atoms with van der Waals surface area (Å²) in [5.41, 5.74) is 9.68. The second kappa shape index (κ2) is 4.63. The molecule has 2 aromatic rings. The second-order valence-electron chi connectivity index (χ2n) is 4.14. The summed E-state index contributed by atoms with van der Waals surface area (Å²) in [7, 11) is 1.88.